The van der Waals surface area contributed by atoms with E-state index in [9.17, 15) is 4.79 Å². The number of anilines is 1. The number of nitrogens with zero attached hydrogens (tertiary/aromatic N) is 1. The number of carbonyl (C=O) groups excluding carboxylic acids is 1. The summed E-state index contributed by atoms with van der Waals surface area (Å²) >= 11 is 0. The molecule has 0 radical (unpaired) electrons. The van der Waals surface area contributed by atoms with Crippen LogP contribution in [0.15, 0.2) is 24.4 Å². The van der Waals surface area contributed by atoms with Gasteiger partial charge in [-0.15, -0.1) is 24.8 Å². The van der Waals surface area contributed by atoms with Crippen molar-refractivity contribution in [2.24, 2.45) is 5.73 Å². The molecule has 122 valence electrons. The first-order valence-corrected chi connectivity index (χ1v) is 6.40. The second-order valence-corrected chi connectivity index (χ2v) is 4.14. The first-order valence-electron chi connectivity index (χ1n) is 6.40. The van der Waals surface area contributed by atoms with Crippen molar-refractivity contribution in [2.45, 2.75) is 18.9 Å². The lowest BCUT2D eigenvalue weighted by Gasteiger charge is -2.12. The second-order valence-electron chi connectivity index (χ2n) is 4.14. The fourth-order valence-corrected chi connectivity index (χ4v) is 1.54. The quantitative estimate of drug-likeness (QED) is 0.589. The highest BCUT2D eigenvalue weighted by atomic mass is 35.5. The number of ether oxygens (including phenoxy) is 1. The van der Waals surface area contributed by atoms with E-state index in [2.05, 4.69) is 15.6 Å². The lowest BCUT2D eigenvalue weighted by atomic mass is 10.2. The van der Waals surface area contributed by atoms with Crippen LogP contribution in [-0.4, -0.2) is 43.7 Å². The summed E-state index contributed by atoms with van der Waals surface area (Å²) in [6, 6.07) is 5.70. The van der Waals surface area contributed by atoms with Gasteiger partial charge in [0.15, 0.2) is 0 Å². The molecule has 0 fully saturated rings. The SMILES string of the molecule is COC(CN)CC(=O)NCCCNc1ccccn1.Cl.Cl. The van der Waals surface area contributed by atoms with E-state index in [-0.39, 0.29) is 36.8 Å². The Labute approximate surface area is 138 Å². The van der Waals surface area contributed by atoms with Gasteiger partial charge >= 0.3 is 0 Å². The number of hydrogen-bond acceptors (Lipinski definition) is 5. The Bertz CT molecular complexity index is 364. The first kappa shape index (κ1) is 22.2. The molecule has 1 atom stereocenters. The van der Waals surface area contributed by atoms with Crippen molar-refractivity contribution in [1.82, 2.24) is 10.3 Å². The number of carbonyl (C=O) groups is 1. The number of pyridine rings is 1. The van der Waals surface area contributed by atoms with Crippen molar-refractivity contribution < 1.29 is 9.53 Å². The average Bonchev–Trinajstić information content (AvgIpc) is 2.45. The Morgan fingerprint density at radius 1 is 1.38 bits per heavy atom. The van der Waals surface area contributed by atoms with E-state index < -0.39 is 0 Å². The summed E-state index contributed by atoms with van der Waals surface area (Å²) in [4.78, 5) is 15.7. The zero-order valence-electron chi connectivity index (χ0n) is 12.1. The number of hydrogen-bond donors (Lipinski definition) is 3. The third-order valence-corrected chi connectivity index (χ3v) is 2.66. The predicted octanol–water partition coefficient (Wildman–Crippen LogP) is 1.21. The van der Waals surface area contributed by atoms with Crippen LogP contribution in [0, 0.1) is 0 Å². The third-order valence-electron chi connectivity index (χ3n) is 2.66. The standard InChI is InChI=1S/C13H22N4O2.2ClH/c1-19-11(10-14)9-13(18)17-8-4-7-16-12-5-2-3-6-15-12;;/h2-3,5-6,11H,4,7-10,14H2,1H3,(H,15,16)(H,17,18);2*1H. The number of aromatic nitrogens is 1. The van der Waals surface area contributed by atoms with E-state index in [0.29, 0.717) is 19.5 Å². The Morgan fingerprint density at radius 3 is 2.71 bits per heavy atom. The predicted molar refractivity (Wildman–Crippen MR) is 89.3 cm³/mol. The van der Waals surface area contributed by atoms with Crippen LogP contribution in [0.3, 0.4) is 0 Å². The molecule has 1 rings (SSSR count). The normalized spacial score (nSPS) is 10.8. The minimum Gasteiger partial charge on any atom is -0.380 e. The molecule has 8 heteroatoms. The van der Waals surface area contributed by atoms with Gasteiger partial charge in [-0.2, -0.15) is 0 Å². The summed E-state index contributed by atoms with van der Waals surface area (Å²) in [5.41, 5.74) is 5.45. The summed E-state index contributed by atoms with van der Waals surface area (Å²) in [6.07, 6.45) is 2.68. The molecule has 0 saturated carbocycles. The molecule has 0 bridgehead atoms. The van der Waals surface area contributed by atoms with Gasteiger partial charge < -0.3 is 21.1 Å². The number of amides is 1. The fraction of sp³-hybridized carbons (Fsp3) is 0.538. The van der Waals surface area contributed by atoms with Crippen LogP contribution in [0.2, 0.25) is 0 Å². The molecular formula is C13H24Cl2N4O2. The molecule has 0 aliphatic carbocycles. The summed E-state index contributed by atoms with van der Waals surface area (Å²) in [5, 5.41) is 6.01. The molecule has 0 aromatic carbocycles. The minimum atomic E-state index is -0.202. The minimum absolute atomic E-state index is 0. The van der Waals surface area contributed by atoms with Crippen molar-refractivity contribution in [1.29, 1.82) is 0 Å². The van der Waals surface area contributed by atoms with Gasteiger partial charge in [0, 0.05) is 32.9 Å². The van der Waals surface area contributed by atoms with Gasteiger partial charge in [0.05, 0.1) is 12.5 Å². The van der Waals surface area contributed by atoms with Gasteiger partial charge in [-0.05, 0) is 18.6 Å². The lowest BCUT2D eigenvalue weighted by Crippen LogP contribution is -2.33. The molecular weight excluding hydrogens is 315 g/mol. The smallest absolute Gasteiger partial charge is 0.222 e. The molecule has 1 aromatic rings. The molecule has 1 amide bonds. The molecule has 1 unspecified atom stereocenters. The van der Waals surface area contributed by atoms with Crippen LogP contribution in [0.5, 0.6) is 0 Å². The molecule has 0 aliphatic heterocycles. The van der Waals surface area contributed by atoms with E-state index in [1.807, 2.05) is 18.2 Å². The van der Waals surface area contributed by atoms with Crippen LogP contribution < -0.4 is 16.4 Å². The van der Waals surface area contributed by atoms with Gasteiger partial charge in [0.2, 0.25) is 5.91 Å². The van der Waals surface area contributed by atoms with Crippen molar-refractivity contribution >= 4 is 36.5 Å². The van der Waals surface area contributed by atoms with Crippen LogP contribution >= 0.6 is 24.8 Å². The maximum atomic E-state index is 11.5. The fourth-order valence-electron chi connectivity index (χ4n) is 1.54. The third kappa shape index (κ3) is 10.3. The number of halogens is 2. The Kier molecular flexibility index (Phi) is 14.7. The summed E-state index contributed by atoms with van der Waals surface area (Å²) in [6.45, 7) is 1.74. The van der Waals surface area contributed by atoms with Crippen LogP contribution in [-0.2, 0) is 9.53 Å². The molecule has 21 heavy (non-hydrogen) atoms. The topological polar surface area (TPSA) is 89.3 Å². The second kappa shape index (κ2) is 13.9. The molecule has 4 N–H and O–H groups in total. The van der Waals surface area contributed by atoms with Crippen LogP contribution in [0.4, 0.5) is 5.82 Å². The van der Waals surface area contributed by atoms with Gasteiger partial charge in [-0.3, -0.25) is 4.79 Å². The molecule has 0 spiro atoms. The van der Waals surface area contributed by atoms with Crippen LogP contribution in [0.25, 0.3) is 0 Å². The lowest BCUT2D eigenvalue weighted by molar-refractivity contribution is -0.123. The first-order chi connectivity index (χ1) is 9.26. The summed E-state index contributed by atoms with van der Waals surface area (Å²) in [7, 11) is 1.56. The van der Waals surface area contributed by atoms with E-state index >= 15 is 0 Å². The number of methoxy groups -OCH3 is 1. The average molecular weight is 339 g/mol. The van der Waals surface area contributed by atoms with E-state index in [1.54, 1.807) is 13.3 Å². The largest absolute Gasteiger partial charge is 0.380 e. The molecule has 1 aromatic heterocycles. The Morgan fingerprint density at radius 2 is 2.14 bits per heavy atom. The highest BCUT2D eigenvalue weighted by molar-refractivity contribution is 5.85. The van der Waals surface area contributed by atoms with Gasteiger partial charge in [0.25, 0.3) is 0 Å². The molecule has 0 saturated heterocycles. The number of rotatable bonds is 9. The van der Waals surface area contributed by atoms with Crippen molar-refractivity contribution in [3.63, 3.8) is 0 Å². The molecule has 6 nitrogen and oxygen atoms in total. The van der Waals surface area contributed by atoms with Gasteiger partial charge in [0.1, 0.15) is 5.82 Å². The Hall–Kier alpha value is -1.08. The maximum absolute atomic E-state index is 11.5. The summed E-state index contributed by atoms with van der Waals surface area (Å²) < 4.78 is 5.05. The molecule has 0 aliphatic rings. The van der Waals surface area contributed by atoms with E-state index in [1.165, 1.54) is 0 Å². The van der Waals surface area contributed by atoms with Crippen molar-refractivity contribution in [3.8, 4) is 0 Å². The van der Waals surface area contributed by atoms with Crippen molar-refractivity contribution in [2.75, 3.05) is 32.1 Å². The molecule has 1 heterocycles. The van der Waals surface area contributed by atoms with Crippen molar-refractivity contribution in [3.05, 3.63) is 24.4 Å². The Balaban J connectivity index is 0. The highest BCUT2D eigenvalue weighted by Crippen LogP contribution is 1.99. The zero-order valence-corrected chi connectivity index (χ0v) is 13.7. The van der Waals surface area contributed by atoms with Gasteiger partial charge in [-0.1, -0.05) is 6.07 Å². The van der Waals surface area contributed by atoms with Crippen LogP contribution in [0.1, 0.15) is 12.8 Å². The van der Waals surface area contributed by atoms with E-state index in [4.69, 9.17) is 10.5 Å². The summed E-state index contributed by atoms with van der Waals surface area (Å²) in [5.74, 6) is 0.812. The monoisotopic (exact) mass is 338 g/mol. The number of nitrogens with one attached hydrogen (secondary N) is 2. The highest BCUT2D eigenvalue weighted by Gasteiger charge is 2.10. The maximum Gasteiger partial charge on any atom is 0.222 e. The zero-order chi connectivity index (χ0) is 13.9. The number of nitrogens with two attached hydrogens (primary N) is 1. The van der Waals surface area contributed by atoms with E-state index in [0.717, 1.165) is 18.8 Å². The van der Waals surface area contributed by atoms with Gasteiger partial charge in [-0.25, -0.2) is 4.98 Å².